The smallest absolute Gasteiger partial charge is 0.251 e. The van der Waals surface area contributed by atoms with Crippen molar-refractivity contribution in [2.24, 2.45) is 5.41 Å². The highest BCUT2D eigenvalue weighted by Crippen LogP contribution is 2.36. The summed E-state index contributed by atoms with van der Waals surface area (Å²) in [4.78, 5) is 27.6. The van der Waals surface area contributed by atoms with E-state index in [2.05, 4.69) is 5.32 Å². The van der Waals surface area contributed by atoms with Crippen LogP contribution >= 0.6 is 0 Å². The van der Waals surface area contributed by atoms with Crippen molar-refractivity contribution in [1.29, 1.82) is 0 Å². The van der Waals surface area contributed by atoms with E-state index in [-0.39, 0.29) is 29.0 Å². The number of carbonyl (C=O) groups is 2. The van der Waals surface area contributed by atoms with Gasteiger partial charge in [-0.15, -0.1) is 0 Å². The summed E-state index contributed by atoms with van der Waals surface area (Å²) in [6.07, 6.45) is 0. The molecule has 34 heavy (non-hydrogen) atoms. The third-order valence-electron chi connectivity index (χ3n) is 5.80. The average Bonchev–Trinajstić information content (AvgIpc) is 2.95. The van der Waals surface area contributed by atoms with Gasteiger partial charge in [-0.3, -0.25) is 9.59 Å². The highest BCUT2D eigenvalue weighted by atomic mass is 32.2. The number of nitrogens with zero attached hydrogens (tertiary/aromatic N) is 2. The van der Waals surface area contributed by atoms with Crippen LogP contribution in [0.15, 0.2) is 42.5 Å². The quantitative estimate of drug-likeness (QED) is 0.607. The lowest BCUT2D eigenvalue weighted by molar-refractivity contribution is -0.123. The second-order valence-corrected chi connectivity index (χ2v) is 10.9. The number of likely N-dealkylation sites (N-methyl/N-ethyl adjacent to an activating group) is 1. The lowest BCUT2D eigenvalue weighted by Crippen LogP contribution is -2.35. The predicted octanol–water partition coefficient (Wildman–Crippen LogP) is 2.44. The van der Waals surface area contributed by atoms with Crippen LogP contribution in [0.2, 0.25) is 0 Å². The van der Waals surface area contributed by atoms with E-state index in [4.69, 9.17) is 9.47 Å². The lowest BCUT2D eigenvalue weighted by atomic mass is 9.95. The Kier molecular flexibility index (Phi) is 7.23. The van der Waals surface area contributed by atoms with Gasteiger partial charge in [-0.1, -0.05) is 12.1 Å². The van der Waals surface area contributed by atoms with Crippen molar-refractivity contribution in [2.45, 2.75) is 19.9 Å². The molecule has 0 radical (unpaired) electrons. The first-order valence-corrected chi connectivity index (χ1v) is 12.4. The number of rotatable bonds is 8. The number of hydrogen-bond donors (Lipinski definition) is 1. The number of methoxy groups -OCH3 is 2. The van der Waals surface area contributed by atoms with E-state index in [1.165, 1.54) is 12.1 Å². The van der Waals surface area contributed by atoms with Crippen molar-refractivity contribution in [3.8, 4) is 11.5 Å². The van der Waals surface area contributed by atoms with Gasteiger partial charge in [-0.2, -0.15) is 0 Å². The third-order valence-corrected chi connectivity index (χ3v) is 7.82. The summed E-state index contributed by atoms with van der Waals surface area (Å²) >= 11 is 0. The molecule has 1 unspecified atom stereocenters. The maximum Gasteiger partial charge on any atom is 0.251 e. The number of sulfonamides is 1. The van der Waals surface area contributed by atoms with E-state index in [1.54, 1.807) is 40.2 Å². The van der Waals surface area contributed by atoms with E-state index in [1.807, 2.05) is 37.2 Å². The number of carbonyl (C=O) groups excluding carboxylic acids is 2. The molecular weight excluding hydrogens is 458 g/mol. The second-order valence-electron chi connectivity index (χ2n) is 9.06. The summed E-state index contributed by atoms with van der Waals surface area (Å²) < 4.78 is 36.7. The minimum absolute atomic E-state index is 0.159. The van der Waals surface area contributed by atoms with Crippen LogP contribution < -0.4 is 19.1 Å². The Morgan fingerprint density at radius 3 is 2.35 bits per heavy atom. The Bertz CT molecular complexity index is 1190. The fourth-order valence-corrected chi connectivity index (χ4v) is 6.08. The first-order valence-electron chi connectivity index (χ1n) is 10.8. The standard InChI is InChI=1S/C24H31N3O6S/c1-24(2)15-34(30,31)27(23(24)29)18-9-7-8-17(12-18)22(28)25-14-19(26(3)4)16-10-11-20(32-5)21(13-16)33-6/h7-13,19H,14-15H2,1-6H3,(H,25,28). The maximum atomic E-state index is 12.9. The zero-order valence-corrected chi connectivity index (χ0v) is 21.1. The van der Waals surface area contributed by atoms with Gasteiger partial charge in [-0.25, -0.2) is 12.7 Å². The van der Waals surface area contributed by atoms with Gasteiger partial charge in [-0.05, 0) is 63.8 Å². The SMILES string of the molecule is COc1ccc(C(CNC(=O)c2cccc(N3C(=O)C(C)(C)CS3(=O)=O)c2)N(C)C)cc1OC. The molecule has 9 nitrogen and oxygen atoms in total. The zero-order chi connectivity index (χ0) is 25.3. The molecule has 1 heterocycles. The Hall–Kier alpha value is -3.11. The molecule has 1 N–H and O–H groups in total. The van der Waals surface area contributed by atoms with Gasteiger partial charge in [0.05, 0.1) is 37.1 Å². The van der Waals surface area contributed by atoms with Crippen molar-refractivity contribution in [2.75, 3.05) is 44.9 Å². The number of nitrogens with one attached hydrogen (secondary N) is 1. The molecule has 1 atom stereocenters. The fourth-order valence-electron chi connectivity index (χ4n) is 3.98. The molecule has 0 saturated carbocycles. The molecule has 0 bridgehead atoms. The molecule has 0 aromatic heterocycles. The molecule has 0 spiro atoms. The van der Waals surface area contributed by atoms with Crippen molar-refractivity contribution in [3.05, 3.63) is 53.6 Å². The Balaban J connectivity index is 1.80. The molecular formula is C24H31N3O6S. The van der Waals surface area contributed by atoms with Gasteiger partial charge < -0.3 is 19.7 Å². The minimum Gasteiger partial charge on any atom is -0.493 e. The minimum atomic E-state index is -3.80. The molecule has 2 aromatic carbocycles. The number of anilines is 1. The predicted molar refractivity (Wildman–Crippen MR) is 130 cm³/mol. The number of ether oxygens (including phenoxy) is 2. The molecule has 1 fully saturated rings. The number of hydrogen-bond acceptors (Lipinski definition) is 7. The molecule has 184 valence electrons. The van der Waals surface area contributed by atoms with Crippen LogP contribution in [0.5, 0.6) is 11.5 Å². The average molecular weight is 490 g/mol. The van der Waals surface area contributed by atoms with E-state index >= 15 is 0 Å². The molecule has 2 amide bonds. The summed E-state index contributed by atoms with van der Waals surface area (Å²) in [5.74, 6) is 0.0404. The highest BCUT2D eigenvalue weighted by Gasteiger charge is 2.50. The third kappa shape index (κ3) is 5.02. The molecule has 3 rings (SSSR count). The molecule has 0 aliphatic carbocycles. The van der Waals surface area contributed by atoms with Gasteiger partial charge >= 0.3 is 0 Å². The highest BCUT2D eigenvalue weighted by molar-refractivity contribution is 7.94. The van der Waals surface area contributed by atoms with Gasteiger partial charge in [0.1, 0.15) is 0 Å². The Labute approximate surface area is 200 Å². The first kappa shape index (κ1) is 25.5. The van der Waals surface area contributed by atoms with Gasteiger partial charge in [0.25, 0.3) is 5.91 Å². The van der Waals surface area contributed by atoms with E-state index < -0.39 is 21.3 Å². The Morgan fingerprint density at radius 2 is 1.79 bits per heavy atom. The van der Waals surface area contributed by atoms with Crippen molar-refractivity contribution >= 4 is 27.5 Å². The number of amides is 2. The zero-order valence-electron chi connectivity index (χ0n) is 20.3. The second kappa shape index (κ2) is 9.63. The van der Waals surface area contributed by atoms with Crippen LogP contribution in [0, 0.1) is 5.41 Å². The first-order chi connectivity index (χ1) is 15.9. The number of benzene rings is 2. The van der Waals surface area contributed by atoms with Gasteiger partial charge in [0, 0.05) is 12.1 Å². The summed E-state index contributed by atoms with van der Waals surface area (Å²) in [6, 6.07) is 11.5. The van der Waals surface area contributed by atoms with Crippen LogP contribution in [0.25, 0.3) is 0 Å². The van der Waals surface area contributed by atoms with Gasteiger partial charge in [0.2, 0.25) is 15.9 Å². The van der Waals surface area contributed by atoms with Crippen LogP contribution in [-0.2, 0) is 14.8 Å². The van der Waals surface area contributed by atoms with E-state index in [9.17, 15) is 18.0 Å². The topological polar surface area (TPSA) is 105 Å². The monoisotopic (exact) mass is 489 g/mol. The molecule has 1 saturated heterocycles. The normalized spacial score (nSPS) is 17.5. The molecule has 1 aliphatic rings. The Morgan fingerprint density at radius 1 is 1.12 bits per heavy atom. The largest absolute Gasteiger partial charge is 0.493 e. The summed E-state index contributed by atoms with van der Waals surface area (Å²) in [7, 11) is 3.13. The van der Waals surface area contributed by atoms with Crippen LogP contribution in [-0.4, -0.2) is 65.7 Å². The molecule has 2 aromatic rings. The fraction of sp³-hybridized carbons (Fsp3) is 0.417. The molecule has 10 heteroatoms. The molecule has 1 aliphatic heterocycles. The van der Waals surface area contributed by atoms with Crippen LogP contribution in [0.3, 0.4) is 0 Å². The van der Waals surface area contributed by atoms with Crippen molar-refractivity contribution in [1.82, 2.24) is 10.2 Å². The van der Waals surface area contributed by atoms with Crippen LogP contribution in [0.1, 0.15) is 35.8 Å². The van der Waals surface area contributed by atoms with Crippen molar-refractivity contribution in [3.63, 3.8) is 0 Å². The summed E-state index contributed by atoms with van der Waals surface area (Å²) in [5, 5.41) is 2.91. The van der Waals surface area contributed by atoms with Crippen LogP contribution in [0.4, 0.5) is 5.69 Å². The summed E-state index contributed by atoms with van der Waals surface area (Å²) in [6.45, 7) is 3.48. The lowest BCUT2D eigenvalue weighted by Gasteiger charge is -2.26. The summed E-state index contributed by atoms with van der Waals surface area (Å²) in [5.41, 5.74) is 0.324. The van der Waals surface area contributed by atoms with E-state index in [0.717, 1.165) is 9.87 Å². The van der Waals surface area contributed by atoms with Gasteiger partial charge in [0.15, 0.2) is 11.5 Å². The van der Waals surface area contributed by atoms with Crippen molar-refractivity contribution < 1.29 is 27.5 Å². The van der Waals surface area contributed by atoms with E-state index in [0.29, 0.717) is 18.0 Å². The maximum absolute atomic E-state index is 12.9.